The minimum atomic E-state index is -0.994. The van der Waals surface area contributed by atoms with Gasteiger partial charge < -0.3 is 30.0 Å². The molecule has 2 aromatic heterocycles. The number of carboxylic acids is 1. The molecule has 1 aliphatic rings. The van der Waals surface area contributed by atoms with Crippen LogP contribution in [0.1, 0.15) is 61.8 Å². The number of allylic oxidation sites excluding steroid dienone is 1. The molecule has 0 saturated heterocycles. The molecule has 1 atom stereocenters. The van der Waals surface area contributed by atoms with Gasteiger partial charge in [0.25, 0.3) is 0 Å². The highest BCUT2D eigenvalue weighted by atomic mass is 16.6. The summed E-state index contributed by atoms with van der Waals surface area (Å²) in [5.74, 6) is 1.76. The van der Waals surface area contributed by atoms with Crippen molar-refractivity contribution in [3.8, 4) is 22.8 Å². The summed E-state index contributed by atoms with van der Waals surface area (Å²) in [5.41, 5.74) is 3.78. The van der Waals surface area contributed by atoms with Crippen LogP contribution >= 0.6 is 0 Å². The number of alkyl carbamates (subject to hydrolysis) is 1. The Hall–Kier alpha value is -5.06. The summed E-state index contributed by atoms with van der Waals surface area (Å²) >= 11 is 0. The molecule has 0 saturated carbocycles. The lowest BCUT2D eigenvalue weighted by Crippen LogP contribution is -2.39. The highest BCUT2D eigenvalue weighted by Gasteiger charge is 2.25. The number of rotatable bonds is 9. The topological polar surface area (TPSA) is 136 Å². The van der Waals surface area contributed by atoms with Gasteiger partial charge in [0.05, 0.1) is 19.8 Å². The van der Waals surface area contributed by atoms with Gasteiger partial charge in [-0.05, 0) is 69.9 Å². The molecule has 230 valence electrons. The van der Waals surface area contributed by atoms with Gasteiger partial charge in [0.15, 0.2) is 5.82 Å². The molecule has 2 heterocycles. The van der Waals surface area contributed by atoms with E-state index in [1.54, 1.807) is 44.7 Å². The number of aromatic nitrogens is 3. The number of carbonyl (C=O) groups excluding carboxylic acids is 1. The molecule has 0 bridgehead atoms. The second-order valence-electron chi connectivity index (χ2n) is 11.5. The Morgan fingerprint density at radius 2 is 1.86 bits per heavy atom. The van der Waals surface area contributed by atoms with Crippen molar-refractivity contribution in [3.05, 3.63) is 77.9 Å². The Labute approximate surface area is 255 Å². The highest BCUT2D eigenvalue weighted by Crippen LogP contribution is 2.35. The number of fused-ring (bicyclic) bond motifs is 1. The summed E-state index contributed by atoms with van der Waals surface area (Å²) in [6, 6.07) is 12.3. The monoisotopic (exact) mass is 599 g/mol. The van der Waals surface area contributed by atoms with E-state index in [0.717, 1.165) is 34.5 Å². The van der Waals surface area contributed by atoms with Crippen LogP contribution in [-0.2, 0) is 11.3 Å². The third-order valence-corrected chi connectivity index (χ3v) is 7.32. The van der Waals surface area contributed by atoms with Crippen LogP contribution in [-0.4, -0.2) is 57.4 Å². The van der Waals surface area contributed by atoms with E-state index < -0.39 is 17.7 Å². The van der Waals surface area contributed by atoms with Gasteiger partial charge in [-0.15, -0.1) is 0 Å². The normalized spacial score (nSPS) is 14.9. The van der Waals surface area contributed by atoms with Crippen LogP contribution in [0.3, 0.4) is 0 Å². The van der Waals surface area contributed by atoms with Crippen LogP contribution < -0.4 is 20.1 Å². The van der Waals surface area contributed by atoms with Crippen molar-refractivity contribution in [2.75, 3.05) is 19.5 Å². The number of anilines is 1. The lowest BCUT2D eigenvalue weighted by atomic mass is 9.95. The first-order valence-corrected chi connectivity index (χ1v) is 14.4. The summed E-state index contributed by atoms with van der Waals surface area (Å²) in [6.45, 7) is 5.95. The maximum absolute atomic E-state index is 12.3. The largest absolute Gasteiger partial charge is 0.497 e. The summed E-state index contributed by atoms with van der Waals surface area (Å²) < 4.78 is 18.3. The second-order valence-corrected chi connectivity index (χ2v) is 11.5. The molecule has 3 N–H and O–H groups in total. The molecule has 0 spiro atoms. The van der Waals surface area contributed by atoms with Gasteiger partial charge in [0.2, 0.25) is 0 Å². The Morgan fingerprint density at radius 3 is 2.50 bits per heavy atom. The predicted octanol–water partition coefficient (Wildman–Crippen LogP) is 6.18. The summed E-state index contributed by atoms with van der Waals surface area (Å²) in [7, 11) is 3.23. The SMILES string of the molecule is COc1ccc(CNc2nccn3c(C4=CCC(NC(=O)OC(C)(C)C)CC4)nc(-c4ccc(C(=O)O)cc4)c23)c(OC)c1. The van der Waals surface area contributed by atoms with E-state index in [-0.39, 0.29) is 11.6 Å². The lowest BCUT2D eigenvalue weighted by molar-refractivity contribution is 0.0501. The van der Waals surface area contributed by atoms with Crippen LogP contribution in [0.15, 0.2) is 60.9 Å². The molecule has 44 heavy (non-hydrogen) atoms. The number of methoxy groups -OCH3 is 2. The van der Waals surface area contributed by atoms with E-state index in [1.807, 2.05) is 49.6 Å². The Morgan fingerprint density at radius 1 is 1.09 bits per heavy atom. The summed E-state index contributed by atoms with van der Waals surface area (Å²) in [5, 5.41) is 15.8. The van der Waals surface area contributed by atoms with Crippen molar-refractivity contribution < 1.29 is 28.9 Å². The molecule has 4 aromatic rings. The standard InChI is InChI=1S/C33H37N5O6/c1-33(2,3)44-32(41)36-24-13-10-21(11-14-24)30-37-27(20-6-8-22(9-7-20)31(39)40)28-29(34-16-17-38(28)30)35-19-23-12-15-25(42-4)18-26(23)43-5/h6-10,12,15-18,24H,11,13-14,19H2,1-5H3,(H,34,35)(H,36,41)(H,39,40). The van der Waals surface area contributed by atoms with E-state index in [4.69, 9.17) is 19.2 Å². The summed E-state index contributed by atoms with van der Waals surface area (Å²) in [4.78, 5) is 33.6. The molecule has 11 heteroatoms. The zero-order valence-corrected chi connectivity index (χ0v) is 25.5. The first-order chi connectivity index (χ1) is 21.1. The van der Waals surface area contributed by atoms with Gasteiger partial charge in [-0.3, -0.25) is 4.40 Å². The van der Waals surface area contributed by atoms with Crippen molar-refractivity contribution in [2.24, 2.45) is 0 Å². The maximum atomic E-state index is 12.3. The smallest absolute Gasteiger partial charge is 0.407 e. The Bertz CT molecular complexity index is 1700. The van der Waals surface area contributed by atoms with E-state index >= 15 is 0 Å². The minimum Gasteiger partial charge on any atom is -0.497 e. The van der Waals surface area contributed by atoms with Crippen molar-refractivity contribution in [1.82, 2.24) is 19.7 Å². The molecule has 1 unspecified atom stereocenters. The van der Waals surface area contributed by atoms with Crippen LogP contribution in [0.4, 0.5) is 10.6 Å². The Kier molecular flexibility index (Phi) is 8.75. The van der Waals surface area contributed by atoms with E-state index in [2.05, 4.69) is 21.7 Å². The zero-order chi connectivity index (χ0) is 31.4. The van der Waals surface area contributed by atoms with Crippen molar-refractivity contribution in [3.63, 3.8) is 0 Å². The number of amides is 1. The fraction of sp³-hybridized carbons (Fsp3) is 0.333. The summed E-state index contributed by atoms with van der Waals surface area (Å²) in [6.07, 6.45) is 7.35. The van der Waals surface area contributed by atoms with Crippen molar-refractivity contribution >= 4 is 29.0 Å². The first kappa shape index (κ1) is 30.4. The van der Waals surface area contributed by atoms with Gasteiger partial charge in [-0.25, -0.2) is 19.6 Å². The average Bonchev–Trinajstić information content (AvgIpc) is 3.39. The van der Waals surface area contributed by atoms with E-state index in [0.29, 0.717) is 42.4 Å². The van der Waals surface area contributed by atoms with Gasteiger partial charge in [-0.1, -0.05) is 18.2 Å². The number of benzene rings is 2. The highest BCUT2D eigenvalue weighted by molar-refractivity contribution is 5.91. The number of carbonyl (C=O) groups is 2. The number of hydrogen-bond donors (Lipinski definition) is 3. The maximum Gasteiger partial charge on any atom is 0.407 e. The molecule has 0 aliphatic heterocycles. The lowest BCUT2D eigenvalue weighted by Gasteiger charge is -2.25. The first-order valence-electron chi connectivity index (χ1n) is 14.4. The molecule has 0 fully saturated rings. The number of carboxylic acid groups (broad SMARTS) is 1. The molecule has 0 radical (unpaired) electrons. The molecule has 2 aromatic carbocycles. The van der Waals surface area contributed by atoms with Gasteiger partial charge >= 0.3 is 12.1 Å². The fourth-order valence-electron chi connectivity index (χ4n) is 5.19. The average molecular weight is 600 g/mol. The number of hydrogen-bond acceptors (Lipinski definition) is 8. The molecular weight excluding hydrogens is 562 g/mol. The number of imidazole rings is 1. The molecular formula is C33H37N5O6. The Balaban J connectivity index is 1.49. The number of aromatic carboxylic acids is 1. The molecule has 5 rings (SSSR count). The van der Waals surface area contributed by atoms with E-state index in [9.17, 15) is 14.7 Å². The van der Waals surface area contributed by atoms with Crippen LogP contribution in [0.5, 0.6) is 11.5 Å². The van der Waals surface area contributed by atoms with Crippen LogP contribution in [0, 0.1) is 0 Å². The quantitative estimate of drug-likeness (QED) is 0.206. The molecule has 11 nitrogen and oxygen atoms in total. The zero-order valence-electron chi connectivity index (χ0n) is 25.5. The van der Waals surface area contributed by atoms with Crippen molar-refractivity contribution in [1.29, 1.82) is 0 Å². The number of nitrogens with one attached hydrogen (secondary N) is 2. The number of ether oxygens (including phenoxy) is 3. The van der Waals surface area contributed by atoms with Gasteiger partial charge in [0.1, 0.15) is 34.1 Å². The molecule has 1 amide bonds. The van der Waals surface area contributed by atoms with Crippen molar-refractivity contribution in [2.45, 2.75) is 58.2 Å². The predicted molar refractivity (Wildman–Crippen MR) is 167 cm³/mol. The van der Waals surface area contributed by atoms with Gasteiger partial charge in [-0.2, -0.15) is 0 Å². The third kappa shape index (κ3) is 6.77. The number of nitrogens with zero attached hydrogens (tertiary/aromatic N) is 3. The van der Waals surface area contributed by atoms with Gasteiger partial charge in [0, 0.05) is 42.2 Å². The minimum absolute atomic E-state index is 0.0405. The van der Waals surface area contributed by atoms with E-state index in [1.165, 1.54) is 0 Å². The third-order valence-electron chi connectivity index (χ3n) is 7.32. The van der Waals surface area contributed by atoms with Crippen LogP contribution in [0.25, 0.3) is 22.3 Å². The second kappa shape index (κ2) is 12.7. The van der Waals surface area contributed by atoms with Crippen LogP contribution in [0.2, 0.25) is 0 Å². The fourth-order valence-corrected chi connectivity index (χ4v) is 5.19. The molecule has 1 aliphatic carbocycles.